The largest absolute Gasteiger partial charge is 0.486 e. The number of pyridine rings is 1. The van der Waals surface area contributed by atoms with E-state index in [2.05, 4.69) is 4.98 Å². The third kappa shape index (κ3) is 4.90. The van der Waals surface area contributed by atoms with E-state index in [1.165, 1.54) is 12.1 Å². The summed E-state index contributed by atoms with van der Waals surface area (Å²) in [6, 6.07) is 18.0. The number of halogens is 1. The van der Waals surface area contributed by atoms with Crippen LogP contribution in [-0.2, 0) is 25.7 Å². The molecule has 9 nitrogen and oxygen atoms in total. The number of ether oxygens (including phenoxy) is 3. The topological polar surface area (TPSA) is 128 Å². The van der Waals surface area contributed by atoms with Crippen molar-refractivity contribution in [2.24, 2.45) is 5.73 Å². The highest BCUT2D eigenvalue weighted by atomic mass is 19.1. The molecule has 0 saturated carbocycles. The highest BCUT2D eigenvalue weighted by molar-refractivity contribution is 6.06. The first-order valence-electron chi connectivity index (χ1n) is 11.4. The lowest BCUT2D eigenvalue weighted by Crippen LogP contribution is -2.40. The fraction of sp³-hybridized carbons (Fsp3) is 0.143. The molecule has 1 aliphatic rings. The third-order valence-corrected chi connectivity index (χ3v) is 5.93. The Morgan fingerprint density at radius 1 is 1.05 bits per heavy atom. The van der Waals surface area contributed by atoms with E-state index in [4.69, 9.17) is 19.9 Å². The number of benzene rings is 2. The van der Waals surface area contributed by atoms with Crippen LogP contribution < -0.4 is 15.4 Å². The van der Waals surface area contributed by atoms with Gasteiger partial charge in [-0.3, -0.25) is 9.88 Å². The summed E-state index contributed by atoms with van der Waals surface area (Å²) in [7, 11) is 2.29. The molecule has 0 radical (unpaired) electrons. The average Bonchev–Trinajstić information content (AvgIpc) is 2.96. The van der Waals surface area contributed by atoms with E-state index in [1.54, 1.807) is 54.9 Å². The first kappa shape index (κ1) is 25.9. The van der Waals surface area contributed by atoms with Gasteiger partial charge in [0.2, 0.25) is 0 Å². The molecule has 2 N–H and O–H groups in total. The summed E-state index contributed by atoms with van der Waals surface area (Å²) in [5.41, 5.74) is 7.32. The average molecular weight is 515 g/mol. The minimum absolute atomic E-state index is 0.0253. The Balaban J connectivity index is 1.85. The van der Waals surface area contributed by atoms with Crippen molar-refractivity contribution < 1.29 is 28.2 Å². The van der Waals surface area contributed by atoms with Crippen LogP contribution in [0, 0.1) is 17.1 Å². The molecule has 192 valence electrons. The molecule has 0 amide bonds. The fourth-order valence-electron chi connectivity index (χ4n) is 4.17. The Bertz CT molecular complexity index is 1470. The summed E-state index contributed by atoms with van der Waals surface area (Å²) in [5.74, 6) is -3.79. The molecule has 2 heterocycles. The molecule has 38 heavy (non-hydrogen) atoms. The van der Waals surface area contributed by atoms with E-state index >= 15 is 4.39 Å². The second kappa shape index (κ2) is 11.3. The standard InChI is InChI=1S/C28H23FN4O5/c1-36-27(34)24-23(18-6-4-3-5-7-18)20(15-30)26(31)33(25(24)28(35)37-2)19-8-9-22(21(29)14-19)38-16-17-10-12-32-13-11-17/h3-14,23H,16,31H2,1-2H3. The van der Waals surface area contributed by atoms with Gasteiger partial charge in [-0.2, -0.15) is 5.26 Å². The summed E-state index contributed by atoms with van der Waals surface area (Å²) in [6.45, 7) is 0.0989. The van der Waals surface area contributed by atoms with Crippen LogP contribution in [-0.4, -0.2) is 31.1 Å². The predicted molar refractivity (Wildman–Crippen MR) is 135 cm³/mol. The Morgan fingerprint density at radius 2 is 1.74 bits per heavy atom. The number of rotatable bonds is 7. The van der Waals surface area contributed by atoms with Gasteiger partial charge in [-0.25, -0.2) is 14.0 Å². The summed E-state index contributed by atoms with van der Waals surface area (Å²) in [4.78, 5) is 31.2. The molecule has 10 heteroatoms. The van der Waals surface area contributed by atoms with Crippen molar-refractivity contribution in [3.63, 3.8) is 0 Å². The molecule has 0 fully saturated rings. The number of anilines is 1. The highest BCUT2D eigenvalue weighted by Crippen LogP contribution is 2.43. The number of aromatic nitrogens is 1. The molecule has 1 aliphatic heterocycles. The van der Waals surface area contributed by atoms with Gasteiger partial charge < -0.3 is 19.9 Å². The smallest absolute Gasteiger partial charge is 0.355 e. The van der Waals surface area contributed by atoms with Crippen molar-refractivity contribution in [3.05, 3.63) is 113 Å². The number of carbonyl (C=O) groups excluding carboxylic acids is 2. The number of nitrogens with two attached hydrogens (primary N) is 1. The van der Waals surface area contributed by atoms with Crippen molar-refractivity contribution in [1.82, 2.24) is 4.98 Å². The Hall–Kier alpha value is -5.17. The molecule has 0 spiro atoms. The van der Waals surface area contributed by atoms with Gasteiger partial charge in [-0.15, -0.1) is 0 Å². The summed E-state index contributed by atoms with van der Waals surface area (Å²) in [6.07, 6.45) is 3.19. The number of hydrogen-bond donors (Lipinski definition) is 1. The van der Waals surface area contributed by atoms with Crippen molar-refractivity contribution in [3.8, 4) is 11.8 Å². The predicted octanol–water partition coefficient (Wildman–Crippen LogP) is 3.70. The van der Waals surface area contributed by atoms with E-state index in [-0.39, 0.29) is 40.7 Å². The van der Waals surface area contributed by atoms with E-state index < -0.39 is 23.7 Å². The van der Waals surface area contributed by atoms with Gasteiger partial charge in [0.05, 0.1) is 43.0 Å². The lowest BCUT2D eigenvalue weighted by Gasteiger charge is -2.35. The van der Waals surface area contributed by atoms with Crippen molar-refractivity contribution in [1.29, 1.82) is 5.26 Å². The summed E-state index contributed by atoms with van der Waals surface area (Å²) < 4.78 is 30.7. The molecule has 0 saturated heterocycles. The second-order valence-corrected chi connectivity index (χ2v) is 8.09. The van der Waals surface area contributed by atoms with Gasteiger partial charge in [0.1, 0.15) is 18.1 Å². The first-order valence-corrected chi connectivity index (χ1v) is 11.4. The zero-order chi connectivity index (χ0) is 27.2. The highest BCUT2D eigenvalue weighted by Gasteiger charge is 2.43. The maximum atomic E-state index is 15.2. The van der Waals surface area contributed by atoms with Gasteiger partial charge in [0.15, 0.2) is 11.6 Å². The lowest BCUT2D eigenvalue weighted by atomic mass is 9.81. The summed E-state index contributed by atoms with van der Waals surface area (Å²) >= 11 is 0. The van der Waals surface area contributed by atoms with Crippen molar-refractivity contribution in [2.45, 2.75) is 12.5 Å². The van der Waals surface area contributed by atoms with E-state index in [1.807, 2.05) is 6.07 Å². The number of carbonyl (C=O) groups is 2. The van der Waals surface area contributed by atoms with E-state index in [0.717, 1.165) is 30.7 Å². The molecular weight excluding hydrogens is 491 g/mol. The van der Waals surface area contributed by atoms with Crippen LogP contribution in [0.2, 0.25) is 0 Å². The molecule has 4 rings (SSSR count). The van der Waals surface area contributed by atoms with Crippen LogP contribution >= 0.6 is 0 Å². The van der Waals surface area contributed by atoms with Crippen LogP contribution in [0.5, 0.6) is 5.75 Å². The molecule has 1 aromatic heterocycles. The van der Waals surface area contributed by atoms with Crippen LogP contribution in [0.3, 0.4) is 0 Å². The molecule has 2 aromatic carbocycles. The molecule has 1 unspecified atom stereocenters. The monoisotopic (exact) mass is 514 g/mol. The Labute approximate surface area is 218 Å². The summed E-state index contributed by atoms with van der Waals surface area (Å²) in [5, 5.41) is 10.1. The lowest BCUT2D eigenvalue weighted by molar-refractivity contribution is -0.139. The van der Waals surface area contributed by atoms with Gasteiger partial charge in [-0.05, 0) is 35.4 Å². The van der Waals surface area contributed by atoms with Crippen LogP contribution in [0.15, 0.2) is 95.7 Å². The Kier molecular flexibility index (Phi) is 7.68. The number of nitriles is 1. The van der Waals surface area contributed by atoms with Crippen molar-refractivity contribution >= 4 is 17.6 Å². The number of esters is 2. The van der Waals surface area contributed by atoms with Gasteiger partial charge in [-0.1, -0.05) is 30.3 Å². The minimum atomic E-state index is -1.02. The maximum Gasteiger partial charge on any atom is 0.355 e. The van der Waals surface area contributed by atoms with E-state index in [9.17, 15) is 14.9 Å². The molecular formula is C28H23FN4O5. The van der Waals surface area contributed by atoms with Gasteiger partial charge >= 0.3 is 11.9 Å². The van der Waals surface area contributed by atoms with Crippen molar-refractivity contribution in [2.75, 3.05) is 19.1 Å². The number of hydrogen-bond acceptors (Lipinski definition) is 9. The SMILES string of the molecule is COC(=O)C1=C(C(=O)OC)N(c2ccc(OCc3ccncc3)c(F)c2)C(N)=C(C#N)C1c1ccccc1. The van der Waals surface area contributed by atoms with Crippen LogP contribution in [0.4, 0.5) is 10.1 Å². The minimum Gasteiger partial charge on any atom is -0.486 e. The zero-order valence-electron chi connectivity index (χ0n) is 20.6. The van der Waals surface area contributed by atoms with Gasteiger partial charge in [0, 0.05) is 18.5 Å². The Morgan fingerprint density at radius 3 is 2.34 bits per heavy atom. The number of methoxy groups -OCH3 is 2. The normalized spacial score (nSPS) is 15.1. The molecule has 3 aromatic rings. The number of nitrogens with zero attached hydrogens (tertiary/aromatic N) is 3. The number of allylic oxidation sites excluding steroid dienone is 1. The fourth-order valence-corrected chi connectivity index (χ4v) is 4.17. The van der Waals surface area contributed by atoms with Crippen LogP contribution in [0.25, 0.3) is 0 Å². The zero-order valence-corrected chi connectivity index (χ0v) is 20.6. The molecule has 0 aliphatic carbocycles. The molecule has 0 bridgehead atoms. The van der Waals surface area contributed by atoms with Gasteiger partial charge in [0.25, 0.3) is 0 Å². The quantitative estimate of drug-likeness (QED) is 0.470. The maximum absolute atomic E-state index is 15.2. The first-order chi connectivity index (χ1) is 18.4. The van der Waals surface area contributed by atoms with Crippen LogP contribution in [0.1, 0.15) is 17.0 Å². The van der Waals surface area contributed by atoms with E-state index in [0.29, 0.717) is 5.56 Å². The molecule has 1 atom stereocenters. The second-order valence-electron chi connectivity index (χ2n) is 8.09. The third-order valence-electron chi connectivity index (χ3n) is 5.93.